The summed E-state index contributed by atoms with van der Waals surface area (Å²) in [5.41, 5.74) is -1.65. The molecule has 2 atom stereocenters. The van der Waals surface area contributed by atoms with Crippen molar-refractivity contribution in [2.24, 2.45) is 5.92 Å². The van der Waals surface area contributed by atoms with Crippen molar-refractivity contribution in [2.75, 3.05) is 13.7 Å². The molecule has 3 rings (SSSR count). The number of carbonyl (C=O) groups is 3. The van der Waals surface area contributed by atoms with Gasteiger partial charge in [-0.3, -0.25) is 14.5 Å². The molecule has 1 saturated carbocycles. The molecule has 0 spiro atoms. The van der Waals surface area contributed by atoms with E-state index in [1.54, 1.807) is 38.1 Å². The molecule has 8 nitrogen and oxygen atoms in total. The second-order valence-corrected chi connectivity index (χ2v) is 7.31. The molecule has 2 aliphatic rings. The summed E-state index contributed by atoms with van der Waals surface area (Å²) in [7, 11) is 1.54. The first-order valence-corrected chi connectivity index (χ1v) is 8.74. The van der Waals surface area contributed by atoms with Gasteiger partial charge in [-0.1, -0.05) is 12.1 Å². The molecular weight excluding hydrogens is 348 g/mol. The van der Waals surface area contributed by atoms with Gasteiger partial charge in [0.05, 0.1) is 13.2 Å². The predicted molar refractivity (Wildman–Crippen MR) is 95.5 cm³/mol. The van der Waals surface area contributed by atoms with E-state index in [-0.39, 0.29) is 5.92 Å². The van der Waals surface area contributed by atoms with Crippen molar-refractivity contribution < 1.29 is 19.1 Å². The smallest absolute Gasteiger partial charge is 0.325 e. The number of nitrogens with one attached hydrogen (secondary N) is 2. The molecule has 2 fully saturated rings. The maximum absolute atomic E-state index is 12.9. The van der Waals surface area contributed by atoms with Gasteiger partial charge in [-0.15, -0.1) is 0 Å². The summed E-state index contributed by atoms with van der Waals surface area (Å²) in [6.07, 6.45) is 1.76. The minimum atomic E-state index is -1.27. The Morgan fingerprint density at radius 3 is 2.56 bits per heavy atom. The average Bonchev–Trinajstić information content (AvgIpc) is 3.48. The highest BCUT2D eigenvalue weighted by atomic mass is 16.5. The topological polar surface area (TPSA) is 112 Å². The van der Waals surface area contributed by atoms with Crippen molar-refractivity contribution >= 4 is 17.8 Å². The number of nitriles is 1. The second kappa shape index (κ2) is 6.58. The number of carbonyl (C=O) groups excluding carboxylic acids is 3. The summed E-state index contributed by atoms with van der Waals surface area (Å²) in [5.74, 6) is -0.309. The molecule has 142 valence electrons. The van der Waals surface area contributed by atoms with Crippen molar-refractivity contribution in [1.29, 1.82) is 5.26 Å². The van der Waals surface area contributed by atoms with Crippen molar-refractivity contribution in [3.63, 3.8) is 0 Å². The van der Waals surface area contributed by atoms with Gasteiger partial charge in [0.15, 0.2) is 0 Å². The van der Waals surface area contributed by atoms with Crippen molar-refractivity contribution in [1.82, 2.24) is 15.5 Å². The lowest BCUT2D eigenvalue weighted by Gasteiger charge is -2.25. The number of urea groups is 1. The maximum Gasteiger partial charge on any atom is 0.325 e. The molecule has 27 heavy (non-hydrogen) atoms. The van der Waals surface area contributed by atoms with Crippen LogP contribution in [0.3, 0.4) is 0 Å². The summed E-state index contributed by atoms with van der Waals surface area (Å²) < 4.78 is 5.11. The number of benzene rings is 1. The zero-order valence-electron chi connectivity index (χ0n) is 15.5. The van der Waals surface area contributed by atoms with Crippen LogP contribution in [0.5, 0.6) is 5.75 Å². The summed E-state index contributed by atoms with van der Waals surface area (Å²) in [6, 6.07) is 8.27. The van der Waals surface area contributed by atoms with Crippen LogP contribution in [-0.4, -0.2) is 41.9 Å². The van der Waals surface area contributed by atoms with E-state index in [4.69, 9.17) is 4.74 Å². The van der Waals surface area contributed by atoms with Gasteiger partial charge in [0, 0.05) is 0 Å². The van der Waals surface area contributed by atoms with Gasteiger partial charge in [0.1, 0.15) is 23.4 Å². The van der Waals surface area contributed by atoms with E-state index in [1.807, 2.05) is 0 Å². The third-order valence-corrected chi connectivity index (χ3v) is 5.27. The molecule has 4 amide bonds. The number of nitrogens with zero attached hydrogens (tertiary/aromatic N) is 2. The molecule has 1 aliphatic carbocycles. The Labute approximate surface area is 157 Å². The number of rotatable bonds is 6. The zero-order chi connectivity index (χ0) is 19.8. The van der Waals surface area contributed by atoms with E-state index >= 15 is 0 Å². The molecule has 0 aromatic heterocycles. The Kier molecular flexibility index (Phi) is 4.56. The third kappa shape index (κ3) is 3.33. The second-order valence-electron chi connectivity index (χ2n) is 7.31. The lowest BCUT2D eigenvalue weighted by Crippen LogP contribution is -2.51. The monoisotopic (exact) mass is 370 g/mol. The number of hydrogen-bond acceptors (Lipinski definition) is 5. The molecule has 1 aliphatic heterocycles. The van der Waals surface area contributed by atoms with Crippen molar-refractivity contribution in [2.45, 2.75) is 37.8 Å². The van der Waals surface area contributed by atoms with Crippen LogP contribution in [0, 0.1) is 17.2 Å². The van der Waals surface area contributed by atoms with Gasteiger partial charge in [0.2, 0.25) is 5.91 Å². The molecule has 8 heteroatoms. The first-order chi connectivity index (χ1) is 12.7. The van der Waals surface area contributed by atoms with Gasteiger partial charge >= 0.3 is 6.03 Å². The van der Waals surface area contributed by atoms with Gasteiger partial charge in [-0.05, 0) is 50.3 Å². The van der Waals surface area contributed by atoms with E-state index in [2.05, 4.69) is 16.7 Å². The zero-order valence-corrected chi connectivity index (χ0v) is 15.5. The molecule has 2 unspecified atom stereocenters. The first kappa shape index (κ1) is 18.7. The van der Waals surface area contributed by atoms with Gasteiger partial charge in [-0.25, -0.2) is 4.79 Å². The minimum Gasteiger partial charge on any atom is -0.497 e. The average molecular weight is 370 g/mol. The van der Waals surface area contributed by atoms with Crippen LogP contribution in [0.2, 0.25) is 0 Å². The first-order valence-electron chi connectivity index (χ1n) is 8.74. The molecule has 0 radical (unpaired) electrons. The van der Waals surface area contributed by atoms with Crippen LogP contribution in [0.25, 0.3) is 0 Å². The van der Waals surface area contributed by atoms with Crippen LogP contribution in [0.15, 0.2) is 24.3 Å². The van der Waals surface area contributed by atoms with Crippen LogP contribution in [0.4, 0.5) is 4.79 Å². The molecule has 1 saturated heterocycles. The van der Waals surface area contributed by atoms with E-state index in [9.17, 15) is 19.6 Å². The quantitative estimate of drug-likeness (QED) is 0.733. The van der Waals surface area contributed by atoms with Crippen LogP contribution < -0.4 is 15.4 Å². The lowest BCUT2D eigenvalue weighted by molar-refractivity contribution is -0.135. The van der Waals surface area contributed by atoms with Crippen LogP contribution in [-0.2, 0) is 15.1 Å². The van der Waals surface area contributed by atoms with Crippen molar-refractivity contribution in [3.05, 3.63) is 29.8 Å². The highest BCUT2D eigenvalue weighted by molar-refractivity contribution is 6.09. The molecule has 0 bridgehead atoms. The summed E-state index contributed by atoms with van der Waals surface area (Å²) in [6.45, 7) is 2.83. The number of ether oxygens (including phenoxy) is 1. The lowest BCUT2D eigenvalue weighted by atomic mass is 9.92. The van der Waals surface area contributed by atoms with E-state index < -0.39 is 35.5 Å². The van der Waals surface area contributed by atoms with Crippen LogP contribution >= 0.6 is 0 Å². The molecule has 1 aromatic rings. The fourth-order valence-electron chi connectivity index (χ4n) is 3.32. The Morgan fingerprint density at radius 2 is 2.04 bits per heavy atom. The van der Waals surface area contributed by atoms with Crippen molar-refractivity contribution in [3.8, 4) is 11.8 Å². The summed E-state index contributed by atoms with van der Waals surface area (Å²) in [4.78, 5) is 38.5. The van der Waals surface area contributed by atoms with E-state index in [1.165, 1.54) is 7.11 Å². The molecule has 2 N–H and O–H groups in total. The largest absolute Gasteiger partial charge is 0.497 e. The Hall–Kier alpha value is -3.08. The summed E-state index contributed by atoms with van der Waals surface area (Å²) in [5, 5.41) is 14.7. The van der Waals surface area contributed by atoms with E-state index in [0.717, 1.165) is 17.7 Å². The Balaban J connectivity index is 1.73. The number of methoxy groups -OCH3 is 1. The van der Waals surface area contributed by atoms with Gasteiger partial charge in [0.25, 0.3) is 5.91 Å². The fourth-order valence-corrected chi connectivity index (χ4v) is 3.32. The number of imide groups is 1. The Bertz CT molecular complexity index is 827. The standard InChI is InChI=1S/C19H22N4O4/c1-18(11-20,12-4-5-12)21-15(24)10-23-16(25)19(2,22-17(23)26)13-6-8-14(27-3)9-7-13/h6-9,12H,4-5,10H2,1-3H3,(H,21,24)(H,22,26). The highest BCUT2D eigenvalue weighted by Crippen LogP contribution is 2.39. The normalized spacial score (nSPS) is 24.0. The summed E-state index contributed by atoms with van der Waals surface area (Å²) >= 11 is 0. The van der Waals surface area contributed by atoms with Gasteiger partial charge in [-0.2, -0.15) is 5.26 Å². The fraction of sp³-hybridized carbons (Fsp3) is 0.474. The highest BCUT2D eigenvalue weighted by Gasteiger charge is 2.50. The molecule has 1 aromatic carbocycles. The Morgan fingerprint density at radius 1 is 1.41 bits per heavy atom. The predicted octanol–water partition coefficient (Wildman–Crippen LogP) is 1.27. The number of amides is 4. The maximum atomic E-state index is 12.9. The third-order valence-electron chi connectivity index (χ3n) is 5.27. The van der Waals surface area contributed by atoms with E-state index in [0.29, 0.717) is 11.3 Å². The molecule has 1 heterocycles. The van der Waals surface area contributed by atoms with Gasteiger partial charge < -0.3 is 15.4 Å². The SMILES string of the molecule is COc1ccc(C2(C)NC(=O)N(CC(=O)NC(C)(C#N)C3CC3)C2=O)cc1. The van der Waals surface area contributed by atoms with Crippen LogP contribution in [0.1, 0.15) is 32.3 Å². The minimum absolute atomic E-state index is 0.110. The molecular formula is C19H22N4O4. The number of hydrogen-bond donors (Lipinski definition) is 2.